The Balaban J connectivity index is 3.15. The second kappa shape index (κ2) is 2.57. The maximum Gasteiger partial charge on any atom is 0.269 e. The molecule has 0 atom stereocenters. The van der Waals surface area contributed by atoms with Crippen LogP contribution in [0.4, 0.5) is 10.1 Å². The molecule has 0 saturated carbocycles. The number of nitrogen functional groups attached to an aromatic ring is 1. The zero-order valence-corrected chi connectivity index (χ0v) is 5.60. The number of hydrogen-bond acceptors (Lipinski definition) is 2. The van der Waals surface area contributed by atoms with Crippen molar-refractivity contribution in [3.05, 3.63) is 29.6 Å². The lowest BCUT2D eigenvalue weighted by Crippen LogP contribution is -2.00. The third-order valence-corrected chi connectivity index (χ3v) is 1.26. The highest BCUT2D eigenvalue weighted by atomic mass is 19.1. The Labute approximate surface area is 62.8 Å². The van der Waals surface area contributed by atoms with Gasteiger partial charge in [0, 0.05) is 5.56 Å². The van der Waals surface area contributed by atoms with Gasteiger partial charge in [-0.15, -0.1) is 0 Å². The molecule has 1 amide bonds. The van der Waals surface area contributed by atoms with Gasteiger partial charge < -0.3 is 5.73 Å². The molecule has 3 nitrogen and oxygen atoms in total. The Morgan fingerprint density at radius 2 is 2.18 bits per heavy atom. The number of nitrogens with two attached hydrogens (primary N) is 1. The van der Waals surface area contributed by atoms with E-state index >= 15 is 0 Å². The zero-order valence-electron chi connectivity index (χ0n) is 5.60. The van der Waals surface area contributed by atoms with Crippen LogP contribution in [0.5, 0.6) is 0 Å². The van der Waals surface area contributed by atoms with Crippen LogP contribution in [-0.4, -0.2) is 5.91 Å². The molecule has 0 aliphatic carbocycles. The normalized spacial score (nSPS) is 9.55. The van der Waals surface area contributed by atoms with Crippen molar-refractivity contribution in [2.24, 2.45) is 0 Å². The molecule has 0 bridgehead atoms. The molecule has 4 heteroatoms. The number of amides is 1. The van der Waals surface area contributed by atoms with Crippen LogP contribution in [0.15, 0.2) is 18.2 Å². The van der Waals surface area contributed by atoms with Crippen LogP contribution in [0.2, 0.25) is 0 Å². The van der Waals surface area contributed by atoms with Gasteiger partial charge in [0.2, 0.25) is 0 Å². The average molecular weight is 153 g/mol. The van der Waals surface area contributed by atoms with Crippen molar-refractivity contribution in [2.45, 2.75) is 0 Å². The average Bonchev–Trinajstić information content (AvgIpc) is 1.94. The first-order valence-corrected chi connectivity index (χ1v) is 2.92. The monoisotopic (exact) mass is 153 g/mol. The van der Waals surface area contributed by atoms with E-state index < -0.39 is 11.7 Å². The third kappa shape index (κ3) is 1.46. The van der Waals surface area contributed by atoms with Crippen LogP contribution in [0.1, 0.15) is 10.4 Å². The minimum Gasteiger partial charge on any atom is -0.396 e. The summed E-state index contributed by atoms with van der Waals surface area (Å²) >= 11 is 0. The van der Waals surface area contributed by atoms with E-state index in [-0.39, 0.29) is 11.3 Å². The maximum absolute atomic E-state index is 12.5. The van der Waals surface area contributed by atoms with Gasteiger partial charge >= 0.3 is 0 Å². The second-order valence-electron chi connectivity index (χ2n) is 2.07. The SMILES string of the molecule is [NH]C(=O)c1ccc(F)c(N)c1. The molecule has 0 aliphatic rings. The first-order valence-electron chi connectivity index (χ1n) is 2.92. The van der Waals surface area contributed by atoms with E-state index in [4.69, 9.17) is 11.5 Å². The molecule has 0 aromatic heterocycles. The zero-order chi connectivity index (χ0) is 8.43. The van der Waals surface area contributed by atoms with E-state index in [0.717, 1.165) is 12.1 Å². The molecule has 1 aromatic rings. The predicted molar refractivity (Wildman–Crippen MR) is 38.2 cm³/mol. The van der Waals surface area contributed by atoms with E-state index in [0.29, 0.717) is 0 Å². The first kappa shape index (κ1) is 7.53. The summed E-state index contributed by atoms with van der Waals surface area (Å²) in [4.78, 5) is 10.4. The molecular formula is C7H6FN2O. The van der Waals surface area contributed by atoms with Crippen LogP contribution in [0.3, 0.4) is 0 Å². The lowest BCUT2D eigenvalue weighted by atomic mass is 10.2. The largest absolute Gasteiger partial charge is 0.396 e. The molecule has 11 heavy (non-hydrogen) atoms. The van der Waals surface area contributed by atoms with E-state index in [1.54, 1.807) is 0 Å². The molecule has 0 unspecified atom stereocenters. The van der Waals surface area contributed by atoms with Gasteiger partial charge in [-0.05, 0) is 18.2 Å². The van der Waals surface area contributed by atoms with Crippen LogP contribution in [0, 0.1) is 5.82 Å². The van der Waals surface area contributed by atoms with Crippen molar-refractivity contribution in [2.75, 3.05) is 5.73 Å². The number of carbonyl (C=O) groups excluding carboxylic acids is 1. The Kier molecular flexibility index (Phi) is 1.76. The van der Waals surface area contributed by atoms with E-state index in [1.807, 2.05) is 0 Å². The van der Waals surface area contributed by atoms with Crippen molar-refractivity contribution >= 4 is 11.6 Å². The van der Waals surface area contributed by atoms with Crippen molar-refractivity contribution in [3.63, 3.8) is 0 Å². The second-order valence-corrected chi connectivity index (χ2v) is 2.07. The molecule has 0 aliphatic heterocycles. The summed E-state index contributed by atoms with van der Waals surface area (Å²) in [5.41, 5.74) is 11.8. The van der Waals surface area contributed by atoms with Crippen LogP contribution >= 0.6 is 0 Å². The quantitative estimate of drug-likeness (QED) is 0.607. The van der Waals surface area contributed by atoms with Crippen molar-refractivity contribution in [1.82, 2.24) is 5.73 Å². The number of hydrogen-bond donors (Lipinski definition) is 1. The molecule has 0 fully saturated rings. The highest BCUT2D eigenvalue weighted by Crippen LogP contribution is 2.11. The fourth-order valence-electron chi connectivity index (χ4n) is 0.685. The van der Waals surface area contributed by atoms with E-state index in [9.17, 15) is 9.18 Å². The lowest BCUT2D eigenvalue weighted by Gasteiger charge is -1.97. The van der Waals surface area contributed by atoms with Crippen LogP contribution in [0.25, 0.3) is 0 Å². The third-order valence-electron chi connectivity index (χ3n) is 1.26. The summed E-state index contributed by atoms with van der Waals surface area (Å²) in [5.74, 6) is -1.44. The fraction of sp³-hybridized carbons (Fsp3) is 0. The Morgan fingerprint density at radius 3 is 2.64 bits per heavy atom. The summed E-state index contributed by atoms with van der Waals surface area (Å²) in [5, 5.41) is 0. The molecule has 1 aromatic carbocycles. The Hall–Kier alpha value is -1.58. The maximum atomic E-state index is 12.5. The van der Waals surface area contributed by atoms with Gasteiger partial charge in [0.15, 0.2) is 0 Å². The molecule has 0 heterocycles. The van der Waals surface area contributed by atoms with Crippen molar-refractivity contribution in [3.8, 4) is 0 Å². The van der Waals surface area contributed by atoms with Gasteiger partial charge in [-0.25, -0.2) is 4.39 Å². The van der Waals surface area contributed by atoms with Gasteiger partial charge in [0.25, 0.3) is 5.91 Å². The summed E-state index contributed by atoms with van der Waals surface area (Å²) < 4.78 is 12.5. The Bertz CT molecular complexity index is 298. The minimum atomic E-state index is -0.864. The number of carbonyl (C=O) groups is 1. The van der Waals surface area contributed by atoms with E-state index in [1.165, 1.54) is 6.07 Å². The number of anilines is 1. The molecule has 1 rings (SSSR count). The summed E-state index contributed by atoms with van der Waals surface area (Å²) in [7, 11) is 0. The predicted octanol–water partition coefficient (Wildman–Crippen LogP) is 0.831. The van der Waals surface area contributed by atoms with Gasteiger partial charge in [0.1, 0.15) is 5.82 Å². The molecule has 57 valence electrons. The van der Waals surface area contributed by atoms with Crippen LogP contribution < -0.4 is 11.5 Å². The minimum absolute atomic E-state index is 0.101. The first-order chi connectivity index (χ1) is 5.11. The smallest absolute Gasteiger partial charge is 0.269 e. The highest BCUT2D eigenvalue weighted by molar-refractivity contribution is 5.93. The van der Waals surface area contributed by atoms with Crippen LogP contribution in [-0.2, 0) is 0 Å². The molecule has 0 spiro atoms. The number of benzene rings is 1. The fourth-order valence-corrected chi connectivity index (χ4v) is 0.685. The van der Waals surface area contributed by atoms with E-state index in [2.05, 4.69) is 0 Å². The standard InChI is InChI=1S/C7H6FN2O/c8-5-2-1-4(7(10)11)3-6(5)9/h1-3,10H,9H2. The highest BCUT2D eigenvalue weighted by Gasteiger charge is 2.03. The topological polar surface area (TPSA) is 66.9 Å². The molecule has 0 saturated heterocycles. The number of rotatable bonds is 1. The van der Waals surface area contributed by atoms with Gasteiger partial charge in [-0.1, -0.05) is 0 Å². The van der Waals surface area contributed by atoms with Crippen molar-refractivity contribution < 1.29 is 9.18 Å². The lowest BCUT2D eigenvalue weighted by molar-refractivity contribution is 0.0992. The van der Waals surface area contributed by atoms with Gasteiger partial charge in [-0.2, -0.15) is 0 Å². The molecule has 1 radical (unpaired) electrons. The summed E-state index contributed by atoms with van der Waals surface area (Å²) in [6.45, 7) is 0. The van der Waals surface area contributed by atoms with Gasteiger partial charge in [-0.3, -0.25) is 10.5 Å². The number of nitrogens with one attached hydrogen (secondary N) is 1. The molecule has 3 N–H and O–H groups in total. The number of halogens is 1. The molecular weight excluding hydrogens is 147 g/mol. The van der Waals surface area contributed by atoms with Crippen molar-refractivity contribution in [1.29, 1.82) is 0 Å². The van der Waals surface area contributed by atoms with Gasteiger partial charge in [0.05, 0.1) is 5.69 Å². The Morgan fingerprint density at radius 1 is 1.55 bits per heavy atom. The summed E-state index contributed by atoms with van der Waals surface area (Å²) in [6.07, 6.45) is 0. The summed E-state index contributed by atoms with van der Waals surface area (Å²) in [6, 6.07) is 3.43.